The van der Waals surface area contributed by atoms with Gasteiger partial charge in [0, 0.05) is 11.1 Å². The quantitative estimate of drug-likeness (QED) is 0.919. The Bertz CT molecular complexity index is 506. The van der Waals surface area contributed by atoms with Crippen LogP contribution in [0.25, 0.3) is 0 Å². The molecule has 84 valence electrons. The molecule has 2 aromatic rings. The molecule has 0 bridgehead atoms. The maximum Gasteiger partial charge on any atom is 0.256 e. The number of amides is 1. The van der Waals surface area contributed by atoms with Crippen molar-refractivity contribution in [2.24, 2.45) is 0 Å². The van der Waals surface area contributed by atoms with Gasteiger partial charge in [-0.25, -0.2) is 4.98 Å². The van der Waals surface area contributed by atoms with Gasteiger partial charge in [0.15, 0.2) is 0 Å². The van der Waals surface area contributed by atoms with Crippen molar-refractivity contribution < 1.29 is 9.21 Å². The van der Waals surface area contributed by atoms with E-state index in [1.165, 1.54) is 23.7 Å². The minimum atomic E-state index is -0.258. The summed E-state index contributed by atoms with van der Waals surface area (Å²) in [6.07, 6.45) is 1.38. The second-order valence-electron chi connectivity index (χ2n) is 3.17. The van der Waals surface area contributed by atoms with Crippen LogP contribution in [0.5, 0.6) is 0 Å². The van der Waals surface area contributed by atoms with Crippen molar-refractivity contribution in [2.45, 2.75) is 13.5 Å². The summed E-state index contributed by atoms with van der Waals surface area (Å²) in [7, 11) is 0. The fraction of sp³-hybridized carbons (Fsp3) is 0.200. The number of hydrogen-bond acceptors (Lipinski definition) is 4. The highest BCUT2D eigenvalue weighted by molar-refractivity contribution is 7.09. The molecule has 2 aromatic heterocycles. The highest BCUT2D eigenvalue weighted by Crippen LogP contribution is 2.16. The summed E-state index contributed by atoms with van der Waals surface area (Å²) >= 11 is 7.19. The molecule has 0 aromatic carbocycles. The Morgan fingerprint density at radius 2 is 2.50 bits per heavy atom. The zero-order chi connectivity index (χ0) is 11.5. The summed E-state index contributed by atoms with van der Waals surface area (Å²) in [6.45, 7) is 2.31. The number of carbonyl (C=O) groups excluding carboxylic acids is 1. The number of hydrogen-bond donors (Lipinski definition) is 1. The molecule has 6 heteroatoms. The third-order valence-corrected chi connectivity index (χ3v) is 3.19. The molecule has 0 radical (unpaired) electrons. The van der Waals surface area contributed by atoms with Gasteiger partial charge in [-0.05, 0) is 24.6 Å². The number of thiazole rings is 1. The van der Waals surface area contributed by atoms with Crippen molar-refractivity contribution in [1.82, 2.24) is 10.3 Å². The van der Waals surface area contributed by atoms with E-state index in [0.29, 0.717) is 12.1 Å². The smallest absolute Gasteiger partial charge is 0.256 e. The van der Waals surface area contributed by atoms with E-state index in [1.54, 1.807) is 0 Å². The Morgan fingerprint density at radius 3 is 3.06 bits per heavy atom. The van der Waals surface area contributed by atoms with E-state index >= 15 is 0 Å². The molecule has 0 atom stereocenters. The van der Waals surface area contributed by atoms with Crippen molar-refractivity contribution in [3.05, 3.63) is 39.2 Å². The Kier molecular flexibility index (Phi) is 3.26. The Balaban J connectivity index is 1.96. The SMILES string of the molecule is Cc1csc(CNC(=O)c2ccoc2Cl)n1. The van der Waals surface area contributed by atoms with Crippen LogP contribution in [0.15, 0.2) is 22.1 Å². The summed E-state index contributed by atoms with van der Waals surface area (Å²) in [6, 6.07) is 1.53. The van der Waals surface area contributed by atoms with E-state index in [0.717, 1.165) is 10.7 Å². The summed E-state index contributed by atoms with van der Waals surface area (Å²) in [5.74, 6) is -0.258. The third-order valence-electron chi connectivity index (χ3n) is 1.93. The van der Waals surface area contributed by atoms with Crippen LogP contribution in [0.4, 0.5) is 0 Å². The largest absolute Gasteiger partial charge is 0.452 e. The van der Waals surface area contributed by atoms with Gasteiger partial charge < -0.3 is 9.73 Å². The minimum Gasteiger partial charge on any atom is -0.452 e. The highest BCUT2D eigenvalue weighted by atomic mass is 35.5. The van der Waals surface area contributed by atoms with E-state index in [4.69, 9.17) is 16.0 Å². The maximum atomic E-state index is 11.6. The summed E-state index contributed by atoms with van der Waals surface area (Å²) in [4.78, 5) is 15.9. The molecule has 0 unspecified atom stereocenters. The van der Waals surface area contributed by atoms with Gasteiger partial charge in [-0.1, -0.05) is 0 Å². The van der Waals surface area contributed by atoms with Crippen LogP contribution in [0, 0.1) is 6.92 Å². The number of halogens is 1. The number of rotatable bonds is 3. The van der Waals surface area contributed by atoms with Gasteiger partial charge in [0.25, 0.3) is 5.91 Å². The summed E-state index contributed by atoms with van der Waals surface area (Å²) in [5.41, 5.74) is 1.30. The molecule has 0 aliphatic heterocycles. The number of nitrogens with zero attached hydrogens (tertiary/aromatic N) is 1. The van der Waals surface area contributed by atoms with Crippen molar-refractivity contribution in [2.75, 3.05) is 0 Å². The van der Waals surface area contributed by atoms with Crippen LogP contribution >= 0.6 is 22.9 Å². The molecule has 2 rings (SSSR count). The molecular weight excluding hydrogens is 248 g/mol. The zero-order valence-corrected chi connectivity index (χ0v) is 10.1. The lowest BCUT2D eigenvalue weighted by Gasteiger charge is -2.00. The average molecular weight is 257 g/mol. The first-order valence-corrected chi connectivity index (χ1v) is 5.85. The molecule has 1 amide bonds. The van der Waals surface area contributed by atoms with Crippen LogP contribution < -0.4 is 5.32 Å². The van der Waals surface area contributed by atoms with Gasteiger partial charge in [-0.2, -0.15) is 0 Å². The molecule has 0 saturated heterocycles. The van der Waals surface area contributed by atoms with Gasteiger partial charge in [0.2, 0.25) is 5.22 Å². The Hall–Kier alpha value is -1.33. The fourth-order valence-electron chi connectivity index (χ4n) is 1.19. The first-order valence-electron chi connectivity index (χ1n) is 4.59. The van der Waals surface area contributed by atoms with E-state index < -0.39 is 0 Å². The normalized spacial score (nSPS) is 10.4. The lowest BCUT2D eigenvalue weighted by atomic mass is 10.3. The maximum absolute atomic E-state index is 11.6. The second-order valence-corrected chi connectivity index (χ2v) is 4.46. The van der Waals surface area contributed by atoms with Gasteiger partial charge in [-0.3, -0.25) is 4.79 Å². The predicted molar refractivity (Wildman–Crippen MR) is 61.7 cm³/mol. The van der Waals surface area contributed by atoms with E-state index in [9.17, 15) is 4.79 Å². The first kappa shape index (κ1) is 11.2. The number of carbonyl (C=O) groups is 1. The van der Waals surface area contributed by atoms with E-state index in [1.807, 2.05) is 12.3 Å². The number of aryl methyl sites for hydroxylation is 1. The van der Waals surface area contributed by atoms with Crippen LogP contribution in [0.1, 0.15) is 21.1 Å². The fourth-order valence-corrected chi connectivity index (χ4v) is 2.10. The lowest BCUT2D eigenvalue weighted by molar-refractivity contribution is 0.0950. The van der Waals surface area contributed by atoms with Crippen LogP contribution in [0.2, 0.25) is 5.22 Å². The van der Waals surface area contributed by atoms with Crippen molar-refractivity contribution in [3.8, 4) is 0 Å². The zero-order valence-electron chi connectivity index (χ0n) is 8.49. The van der Waals surface area contributed by atoms with Crippen LogP contribution in [-0.4, -0.2) is 10.9 Å². The molecule has 16 heavy (non-hydrogen) atoms. The van der Waals surface area contributed by atoms with Gasteiger partial charge in [0.05, 0.1) is 18.4 Å². The molecule has 0 aliphatic carbocycles. The van der Waals surface area contributed by atoms with Gasteiger partial charge in [-0.15, -0.1) is 11.3 Å². The third kappa shape index (κ3) is 2.43. The van der Waals surface area contributed by atoms with Gasteiger partial charge >= 0.3 is 0 Å². The predicted octanol–water partition coefficient (Wildman–Crippen LogP) is 2.63. The number of aromatic nitrogens is 1. The monoisotopic (exact) mass is 256 g/mol. The second kappa shape index (κ2) is 4.67. The first-order chi connectivity index (χ1) is 7.66. The van der Waals surface area contributed by atoms with Crippen molar-refractivity contribution in [1.29, 1.82) is 0 Å². The Morgan fingerprint density at radius 1 is 1.69 bits per heavy atom. The summed E-state index contributed by atoms with van der Waals surface area (Å²) in [5, 5.41) is 5.63. The standard InChI is InChI=1S/C10H9ClN2O2S/c1-6-5-16-8(13-6)4-12-10(14)7-2-3-15-9(7)11/h2-3,5H,4H2,1H3,(H,12,14). The molecule has 1 N–H and O–H groups in total. The molecule has 2 heterocycles. The van der Waals surface area contributed by atoms with Crippen molar-refractivity contribution in [3.63, 3.8) is 0 Å². The van der Waals surface area contributed by atoms with E-state index in [-0.39, 0.29) is 11.1 Å². The van der Waals surface area contributed by atoms with E-state index in [2.05, 4.69) is 10.3 Å². The molecule has 0 aliphatic rings. The number of nitrogens with one attached hydrogen (secondary N) is 1. The average Bonchev–Trinajstić information content (AvgIpc) is 2.84. The molecule has 4 nitrogen and oxygen atoms in total. The molecular formula is C10H9ClN2O2S. The van der Waals surface area contributed by atoms with Gasteiger partial charge in [0.1, 0.15) is 5.01 Å². The molecule has 0 fully saturated rings. The molecule has 0 saturated carbocycles. The summed E-state index contributed by atoms with van der Waals surface area (Å²) < 4.78 is 4.83. The lowest BCUT2D eigenvalue weighted by Crippen LogP contribution is -2.22. The van der Waals surface area contributed by atoms with Crippen molar-refractivity contribution >= 4 is 28.8 Å². The molecule has 0 spiro atoms. The topological polar surface area (TPSA) is 55.1 Å². The van der Waals surface area contributed by atoms with Crippen LogP contribution in [-0.2, 0) is 6.54 Å². The Labute approximate surface area is 101 Å². The minimum absolute atomic E-state index is 0.104. The van der Waals surface area contributed by atoms with Crippen LogP contribution in [0.3, 0.4) is 0 Å². The number of furan rings is 1. The highest BCUT2D eigenvalue weighted by Gasteiger charge is 2.12.